The second-order valence-electron chi connectivity index (χ2n) is 5.27. The Kier molecular flexibility index (Phi) is 3.76. The van der Waals surface area contributed by atoms with Crippen molar-refractivity contribution in [2.45, 2.75) is 26.0 Å². The first-order chi connectivity index (χ1) is 9.34. The number of hydrogen-bond donors (Lipinski definition) is 1. The predicted octanol–water partition coefficient (Wildman–Crippen LogP) is 2.75. The van der Waals surface area contributed by atoms with Crippen LogP contribution in [-0.2, 0) is 11.3 Å². The van der Waals surface area contributed by atoms with E-state index in [-0.39, 0.29) is 0 Å². The van der Waals surface area contributed by atoms with Gasteiger partial charge in [-0.2, -0.15) is 0 Å². The number of nitrogens with zero attached hydrogens (tertiary/aromatic N) is 1. The lowest BCUT2D eigenvalue weighted by molar-refractivity contribution is 0.105. The summed E-state index contributed by atoms with van der Waals surface area (Å²) in [5, 5.41) is 6.07. The van der Waals surface area contributed by atoms with Gasteiger partial charge in [0.05, 0.1) is 6.10 Å². The van der Waals surface area contributed by atoms with E-state index < -0.39 is 0 Å². The van der Waals surface area contributed by atoms with E-state index in [4.69, 9.17) is 4.74 Å². The van der Waals surface area contributed by atoms with Gasteiger partial charge in [0.1, 0.15) is 0 Å². The highest BCUT2D eigenvalue weighted by Gasteiger charge is 2.23. The van der Waals surface area contributed by atoms with Crippen molar-refractivity contribution in [3.63, 3.8) is 0 Å². The molecule has 0 spiro atoms. The van der Waals surface area contributed by atoms with Crippen LogP contribution in [0.5, 0.6) is 0 Å². The molecule has 3 heteroatoms. The van der Waals surface area contributed by atoms with Crippen molar-refractivity contribution in [2.24, 2.45) is 5.92 Å². The molecule has 3 rings (SSSR count). The van der Waals surface area contributed by atoms with Gasteiger partial charge in [0.2, 0.25) is 0 Å². The number of nitrogens with one attached hydrogen (secondary N) is 1. The first-order valence-corrected chi connectivity index (χ1v) is 6.98. The summed E-state index contributed by atoms with van der Waals surface area (Å²) in [4.78, 5) is 4.17. The van der Waals surface area contributed by atoms with E-state index >= 15 is 0 Å². The highest BCUT2D eigenvalue weighted by molar-refractivity contribution is 5.84. The van der Waals surface area contributed by atoms with Crippen LogP contribution >= 0.6 is 0 Å². The van der Waals surface area contributed by atoms with Crippen LogP contribution in [0.4, 0.5) is 0 Å². The molecule has 2 atom stereocenters. The van der Waals surface area contributed by atoms with Gasteiger partial charge in [0, 0.05) is 37.5 Å². The molecule has 0 aliphatic carbocycles. The Morgan fingerprint density at radius 3 is 3.16 bits per heavy atom. The van der Waals surface area contributed by atoms with Crippen LogP contribution in [-0.4, -0.2) is 24.2 Å². The molecule has 1 aliphatic rings. The highest BCUT2D eigenvalue weighted by Crippen LogP contribution is 2.20. The first kappa shape index (κ1) is 12.6. The van der Waals surface area contributed by atoms with Crippen molar-refractivity contribution < 1.29 is 4.74 Å². The second-order valence-corrected chi connectivity index (χ2v) is 5.27. The van der Waals surface area contributed by atoms with E-state index in [0.29, 0.717) is 12.0 Å². The lowest BCUT2D eigenvalue weighted by Gasteiger charge is -2.15. The van der Waals surface area contributed by atoms with Gasteiger partial charge in [-0.1, -0.05) is 18.2 Å². The van der Waals surface area contributed by atoms with Crippen molar-refractivity contribution in [2.75, 3.05) is 13.2 Å². The maximum absolute atomic E-state index is 5.59. The van der Waals surface area contributed by atoms with Gasteiger partial charge >= 0.3 is 0 Å². The van der Waals surface area contributed by atoms with Gasteiger partial charge in [-0.05, 0) is 36.3 Å². The molecule has 1 aromatic heterocycles. The van der Waals surface area contributed by atoms with Crippen molar-refractivity contribution in [3.8, 4) is 0 Å². The topological polar surface area (TPSA) is 34.1 Å². The number of rotatable bonds is 4. The van der Waals surface area contributed by atoms with Crippen LogP contribution in [0.2, 0.25) is 0 Å². The molecule has 2 unspecified atom stereocenters. The molecule has 3 nitrogen and oxygen atoms in total. The van der Waals surface area contributed by atoms with Gasteiger partial charge in [-0.3, -0.25) is 4.98 Å². The fourth-order valence-corrected chi connectivity index (χ4v) is 2.78. The van der Waals surface area contributed by atoms with Crippen LogP contribution in [0.15, 0.2) is 36.7 Å². The van der Waals surface area contributed by atoms with Crippen molar-refractivity contribution in [1.82, 2.24) is 10.3 Å². The minimum atomic E-state index is 0.393. The Morgan fingerprint density at radius 1 is 1.37 bits per heavy atom. The van der Waals surface area contributed by atoms with Crippen LogP contribution in [0.3, 0.4) is 0 Å². The van der Waals surface area contributed by atoms with Crippen LogP contribution in [0, 0.1) is 5.92 Å². The molecule has 0 radical (unpaired) electrons. The quantitative estimate of drug-likeness (QED) is 0.913. The summed E-state index contributed by atoms with van der Waals surface area (Å²) >= 11 is 0. The van der Waals surface area contributed by atoms with Gasteiger partial charge in [-0.15, -0.1) is 0 Å². The number of benzene rings is 1. The molecular weight excluding hydrogens is 236 g/mol. The molecule has 1 fully saturated rings. The summed E-state index contributed by atoms with van der Waals surface area (Å²) in [6, 6.07) is 8.48. The minimum Gasteiger partial charge on any atom is -0.378 e. The average molecular weight is 256 g/mol. The fraction of sp³-hybridized carbons (Fsp3) is 0.438. The number of ether oxygens (including phenoxy) is 1. The summed E-state index contributed by atoms with van der Waals surface area (Å²) in [5.74, 6) is 0.650. The van der Waals surface area contributed by atoms with Crippen molar-refractivity contribution >= 4 is 10.8 Å². The van der Waals surface area contributed by atoms with E-state index in [2.05, 4.69) is 41.5 Å². The third kappa shape index (κ3) is 2.77. The smallest absolute Gasteiger partial charge is 0.0588 e. The van der Waals surface area contributed by atoms with E-state index in [1.54, 1.807) is 0 Å². The fourth-order valence-electron chi connectivity index (χ4n) is 2.78. The monoisotopic (exact) mass is 256 g/mol. The molecule has 0 amide bonds. The maximum atomic E-state index is 5.59. The van der Waals surface area contributed by atoms with E-state index in [1.165, 1.54) is 22.8 Å². The normalized spacial score (nSPS) is 23.0. The molecule has 100 valence electrons. The van der Waals surface area contributed by atoms with Crippen LogP contribution in [0.25, 0.3) is 10.8 Å². The third-order valence-electron chi connectivity index (χ3n) is 4.03. The standard InChI is InChI=1S/C16H20N2O/c1-12-13(6-8-19-12)9-18-11-15-4-2-3-14-10-17-7-5-16(14)15/h2-5,7,10,12-13,18H,6,8-9,11H2,1H3. The first-order valence-electron chi connectivity index (χ1n) is 6.98. The van der Waals surface area contributed by atoms with Gasteiger partial charge in [-0.25, -0.2) is 0 Å². The lowest BCUT2D eigenvalue weighted by atomic mass is 10.0. The molecule has 2 heterocycles. The minimum absolute atomic E-state index is 0.393. The molecule has 2 aromatic rings. The number of pyridine rings is 1. The average Bonchev–Trinajstić information content (AvgIpc) is 2.85. The maximum Gasteiger partial charge on any atom is 0.0588 e. The summed E-state index contributed by atoms with van der Waals surface area (Å²) in [5.41, 5.74) is 1.34. The number of hydrogen-bond acceptors (Lipinski definition) is 3. The largest absolute Gasteiger partial charge is 0.378 e. The molecule has 1 saturated heterocycles. The Balaban J connectivity index is 1.65. The Bertz CT molecular complexity index is 550. The van der Waals surface area contributed by atoms with Crippen molar-refractivity contribution in [1.29, 1.82) is 0 Å². The highest BCUT2D eigenvalue weighted by atomic mass is 16.5. The zero-order valence-electron chi connectivity index (χ0n) is 11.3. The van der Waals surface area contributed by atoms with Gasteiger partial charge in [0.15, 0.2) is 0 Å². The molecule has 1 N–H and O–H groups in total. The zero-order valence-corrected chi connectivity index (χ0v) is 11.3. The summed E-state index contributed by atoms with van der Waals surface area (Å²) in [7, 11) is 0. The number of aromatic nitrogens is 1. The Morgan fingerprint density at radius 2 is 2.32 bits per heavy atom. The van der Waals surface area contributed by atoms with E-state index in [0.717, 1.165) is 19.7 Å². The predicted molar refractivity (Wildman–Crippen MR) is 77.0 cm³/mol. The molecule has 19 heavy (non-hydrogen) atoms. The third-order valence-corrected chi connectivity index (χ3v) is 4.03. The molecule has 1 aromatic carbocycles. The molecule has 0 saturated carbocycles. The SMILES string of the molecule is CC1OCCC1CNCc1cccc2cnccc12. The molecule has 1 aliphatic heterocycles. The molecular formula is C16H20N2O. The number of fused-ring (bicyclic) bond motifs is 1. The zero-order chi connectivity index (χ0) is 13.1. The van der Waals surface area contributed by atoms with Crippen LogP contribution in [0.1, 0.15) is 18.9 Å². The van der Waals surface area contributed by atoms with Crippen molar-refractivity contribution in [3.05, 3.63) is 42.2 Å². The molecule has 0 bridgehead atoms. The van der Waals surface area contributed by atoms with Gasteiger partial charge < -0.3 is 10.1 Å². The summed E-state index contributed by atoms with van der Waals surface area (Å²) in [6.45, 7) is 5.02. The second kappa shape index (κ2) is 5.68. The van der Waals surface area contributed by atoms with Crippen LogP contribution < -0.4 is 5.32 Å². The Labute approximate surface area is 114 Å². The van der Waals surface area contributed by atoms with E-state index in [1.807, 2.05) is 12.4 Å². The van der Waals surface area contributed by atoms with E-state index in [9.17, 15) is 0 Å². The Hall–Kier alpha value is -1.45. The summed E-state index contributed by atoms with van der Waals surface area (Å²) in [6.07, 6.45) is 5.35. The summed E-state index contributed by atoms with van der Waals surface area (Å²) < 4.78 is 5.59. The lowest BCUT2D eigenvalue weighted by Crippen LogP contribution is -2.26. The van der Waals surface area contributed by atoms with Gasteiger partial charge in [0.25, 0.3) is 0 Å².